The van der Waals surface area contributed by atoms with Gasteiger partial charge in [-0.2, -0.15) is 11.8 Å². The maximum absolute atomic E-state index is 5.30. The van der Waals surface area contributed by atoms with Crippen molar-refractivity contribution in [3.63, 3.8) is 0 Å². The van der Waals surface area contributed by atoms with E-state index in [0.29, 0.717) is 0 Å². The van der Waals surface area contributed by atoms with E-state index >= 15 is 0 Å². The summed E-state index contributed by atoms with van der Waals surface area (Å²) in [5, 5.41) is 0. The van der Waals surface area contributed by atoms with Crippen molar-refractivity contribution in [2.24, 2.45) is 0 Å². The molecule has 2 heteroatoms. The van der Waals surface area contributed by atoms with Gasteiger partial charge in [-0.15, -0.1) is 0 Å². The molecule has 0 aliphatic carbocycles. The molecule has 0 radical (unpaired) electrons. The second kappa shape index (κ2) is 2.97. The van der Waals surface area contributed by atoms with Crippen molar-refractivity contribution >= 4 is 11.8 Å². The number of furan rings is 1. The van der Waals surface area contributed by atoms with Crippen molar-refractivity contribution in [3.05, 3.63) is 23.7 Å². The Morgan fingerprint density at radius 3 is 2.78 bits per heavy atom. The highest BCUT2D eigenvalue weighted by molar-refractivity contribution is 7.97. The summed E-state index contributed by atoms with van der Waals surface area (Å²) in [4.78, 5) is 0. The van der Waals surface area contributed by atoms with Crippen LogP contribution in [0.15, 0.2) is 16.5 Å². The monoisotopic (exact) mass is 142 g/mol. The molecule has 9 heavy (non-hydrogen) atoms. The Balaban J connectivity index is 2.61. The first-order chi connectivity index (χ1) is 4.33. The minimum atomic E-state index is 0.980. The smallest absolute Gasteiger partial charge is 0.114 e. The van der Waals surface area contributed by atoms with Crippen LogP contribution < -0.4 is 0 Å². The van der Waals surface area contributed by atoms with Gasteiger partial charge in [0.15, 0.2) is 0 Å². The molecule has 0 aliphatic rings. The summed E-state index contributed by atoms with van der Waals surface area (Å²) in [6.45, 7) is 1.96. The average Bonchev–Trinajstić information content (AvgIpc) is 2.17. The largest absolute Gasteiger partial charge is 0.466 e. The topological polar surface area (TPSA) is 13.1 Å². The van der Waals surface area contributed by atoms with Gasteiger partial charge in [-0.05, 0) is 25.3 Å². The third-order valence-corrected chi connectivity index (χ3v) is 1.66. The molecule has 1 aromatic heterocycles. The van der Waals surface area contributed by atoms with E-state index in [0.717, 1.165) is 17.3 Å². The van der Waals surface area contributed by atoms with E-state index in [4.69, 9.17) is 4.42 Å². The summed E-state index contributed by atoms with van der Waals surface area (Å²) in [6, 6.07) is 4.01. The van der Waals surface area contributed by atoms with Crippen LogP contribution in [-0.2, 0) is 5.75 Å². The Kier molecular flexibility index (Phi) is 2.22. The molecule has 0 spiro atoms. The van der Waals surface area contributed by atoms with Crippen LogP contribution in [0.2, 0.25) is 0 Å². The zero-order valence-electron chi connectivity index (χ0n) is 5.68. The van der Waals surface area contributed by atoms with Crippen LogP contribution in [0.1, 0.15) is 11.5 Å². The summed E-state index contributed by atoms with van der Waals surface area (Å²) in [6.07, 6.45) is 2.07. The Hall–Kier alpha value is -0.370. The third kappa shape index (κ3) is 1.79. The molecular weight excluding hydrogens is 132 g/mol. The number of hydrogen-bond acceptors (Lipinski definition) is 2. The quantitative estimate of drug-likeness (QED) is 0.629. The highest BCUT2D eigenvalue weighted by Crippen LogP contribution is 2.11. The fourth-order valence-electron chi connectivity index (χ4n) is 0.705. The lowest BCUT2D eigenvalue weighted by Gasteiger charge is -1.87. The molecule has 50 valence electrons. The van der Waals surface area contributed by atoms with Crippen LogP contribution in [-0.4, -0.2) is 6.26 Å². The number of hydrogen-bond donors (Lipinski definition) is 0. The van der Waals surface area contributed by atoms with Crippen LogP contribution in [0.3, 0.4) is 0 Å². The van der Waals surface area contributed by atoms with E-state index in [2.05, 4.69) is 6.26 Å². The zero-order valence-corrected chi connectivity index (χ0v) is 6.49. The SMILES string of the molecule is CSCc1ccc(C)o1. The second-order valence-electron chi connectivity index (χ2n) is 1.95. The molecule has 1 aromatic rings. The summed E-state index contributed by atoms with van der Waals surface area (Å²) >= 11 is 1.77. The van der Waals surface area contributed by atoms with Gasteiger partial charge in [-0.3, -0.25) is 0 Å². The van der Waals surface area contributed by atoms with Crippen LogP contribution in [0.25, 0.3) is 0 Å². The van der Waals surface area contributed by atoms with E-state index in [-0.39, 0.29) is 0 Å². The van der Waals surface area contributed by atoms with E-state index in [9.17, 15) is 0 Å². The van der Waals surface area contributed by atoms with E-state index in [1.165, 1.54) is 0 Å². The number of rotatable bonds is 2. The van der Waals surface area contributed by atoms with Crippen molar-refractivity contribution in [1.82, 2.24) is 0 Å². The predicted molar refractivity (Wildman–Crippen MR) is 40.7 cm³/mol. The minimum absolute atomic E-state index is 0.980. The van der Waals surface area contributed by atoms with E-state index in [1.807, 2.05) is 19.1 Å². The zero-order chi connectivity index (χ0) is 6.69. The maximum atomic E-state index is 5.30. The molecule has 0 aliphatic heterocycles. The van der Waals surface area contributed by atoms with Gasteiger partial charge in [0, 0.05) is 0 Å². The molecule has 0 amide bonds. The fourth-order valence-corrected chi connectivity index (χ4v) is 1.14. The first kappa shape index (κ1) is 6.75. The fraction of sp³-hybridized carbons (Fsp3) is 0.429. The van der Waals surface area contributed by atoms with E-state index < -0.39 is 0 Å². The minimum Gasteiger partial charge on any atom is -0.466 e. The molecule has 0 N–H and O–H groups in total. The molecule has 0 fully saturated rings. The highest BCUT2D eigenvalue weighted by Gasteiger charge is 1.94. The van der Waals surface area contributed by atoms with Gasteiger partial charge >= 0.3 is 0 Å². The van der Waals surface area contributed by atoms with Crippen LogP contribution in [0.5, 0.6) is 0 Å². The molecule has 1 nitrogen and oxygen atoms in total. The molecule has 0 saturated heterocycles. The number of thioether (sulfide) groups is 1. The molecule has 0 bridgehead atoms. The van der Waals surface area contributed by atoms with Crippen molar-refractivity contribution in [2.75, 3.05) is 6.26 Å². The van der Waals surface area contributed by atoms with E-state index in [1.54, 1.807) is 11.8 Å². The first-order valence-electron chi connectivity index (χ1n) is 2.87. The first-order valence-corrected chi connectivity index (χ1v) is 4.26. The van der Waals surface area contributed by atoms with Gasteiger partial charge in [-0.25, -0.2) is 0 Å². The highest BCUT2D eigenvalue weighted by atomic mass is 32.2. The summed E-state index contributed by atoms with van der Waals surface area (Å²) in [5.41, 5.74) is 0. The van der Waals surface area contributed by atoms with Crippen molar-refractivity contribution in [3.8, 4) is 0 Å². The molecule has 0 aromatic carbocycles. The van der Waals surface area contributed by atoms with Gasteiger partial charge in [0.25, 0.3) is 0 Å². The van der Waals surface area contributed by atoms with Crippen LogP contribution in [0, 0.1) is 6.92 Å². The van der Waals surface area contributed by atoms with Crippen molar-refractivity contribution in [2.45, 2.75) is 12.7 Å². The molecule has 0 saturated carbocycles. The van der Waals surface area contributed by atoms with Gasteiger partial charge in [-0.1, -0.05) is 0 Å². The van der Waals surface area contributed by atoms with Crippen molar-refractivity contribution in [1.29, 1.82) is 0 Å². The van der Waals surface area contributed by atoms with Crippen molar-refractivity contribution < 1.29 is 4.42 Å². The van der Waals surface area contributed by atoms with Gasteiger partial charge in [0.05, 0.1) is 5.75 Å². The molecular formula is C7H10OS. The number of aryl methyl sites for hydroxylation is 1. The second-order valence-corrected chi connectivity index (χ2v) is 2.81. The van der Waals surface area contributed by atoms with Gasteiger partial charge in [0.2, 0.25) is 0 Å². The lowest BCUT2D eigenvalue weighted by atomic mass is 10.5. The van der Waals surface area contributed by atoms with Crippen LogP contribution >= 0.6 is 11.8 Å². The molecule has 0 atom stereocenters. The third-order valence-electron chi connectivity index (χ3n) is 1.08. The molecule has 1 rings (SSSR count). The standard InChI is InChI=1S/C7H10OS/c1-6-3-4-7(8-6)5-9-2/h3-4H,5H2,1-2H3. The molecule has 1 heterocycles. The van der Waals surface area contributed by atoms with Gasteiger partial charge in [0.1, 0.15) is 11.5 Å². The van der Waals surface area contributed by atoms with Crippen LogP contribution in [0.4, 0.5) is 0 Å². The Labute approximate surface area is 59.4 Å². The average molecular weight is 142 g/mol. The summed E-state index contributed by atoms with van der Waals surface area (Å²) in [5.74, 6) is 3.05. The Morgan fingerprint density at radius 1 is 1.56 bits per heavy atom. The summed E-state index contributed by atoms with van der Waals surface area (Å²) < 4.78 is 5.30. The van der Waals surface area contributed by atoms with Gasteiger partial charge < -0.3 is 4.42 Å². The normalized spacial score (nSPS) is 10.0. The summed E-state index contributed by atoms with van der Waals surface area (Å²) in [7, 11) is 0. The lowest BCUT2D eigenvalue weighted by molar-refractivity contribution is 0.501. The maximum Gasteiger partial charge on any atom is 0.114 e. The Bertz CT molecular complexity index is 181. The Morgan fingerprint density at radius 2 is 2.33 bits per heavy atom. The molecule has 0 unspecified atom stereocenters. The predicted octanol–water partition coefficient (Wildman–Crippen LogP) is 2.45. The lowest BCUT2D eigenvalue weighted by Crippen LogP contribution is -1.69.